The van der Waals surface area contributed by atoms with Crippen LogP contribution < -0.4 is 5.43 Å². The van der Waals surface area contributed by atoms with Crippen LogP contribution in [0.4, 0.5) is 0 Å². The number of carbonyl (C=O) groups excluding carboxylic acids is 2. The van der Waals surface area contributed by atoms with Crippen LogP contribution in [0.15, 0.2) is 64.2 Å². The molecule has 0 bridgehead atoms. The number of hydrogen-bond donors (Lipinski definition) is 1. The normalized spacial score (nSPS) is 19.0. The fourth-order valence-electron chi connectivity index (χ4n) is 2.86. The van der Waals surface area contributed by atoms with E-state index in [0.717, 1.165) is 10.0 Å². The number of ether oxygens (including phenoxy) is 1. The summed E-state index contributed by atoms with van der Waals surface area (Å²) in [6.07, 6.45) is 0. The minimum Gasteiger partial charge on any atom is -0.461 e. The molecule has 0 aromatic heterocycles. The topological polar surface area (TPSA) is 67.8 Å². The number of carbonyl (C=O) groups is 2. The second-order valence-electron chi connectivity index (χ2n) is 5.59. The van der Waals surface area contributed by atoms with Gasteiger partial charge in [0.25, 0.3) is 0 Å². The Morgan fingerprint density at radius 2 is 1.92 bits per heavy atom. The molecule has 6 heteroatoms. The van der Waals surface area contributed by atoms with E-state index in [1.165, 1.54) is 0 Å². The first-order valence-corrected chi connectivity index (χ1v) is 8.76. The molecule has 1 N–H and O–H groups in total. The van der Waals surface area contributed by atoms with Crippen LogP contribution >= 0.6 is 15.9 Å². The van der Waals surface area contributed by atoms with Gasteiger partial charge in [0, 0.05) is 10.0 Å². The van der Waals surface area contributed by atoms with Gasteiger partial charge in [-0.25, -0.2) is 4.79 Å². The number of hydrazone groups is 1. The van der Waals surface area contributed by atoms with Crippen LogP contribution in [0.25, 0.3) is 0 Å². The van der Waals surface area contributed by atoms with Crippen LogP contribution in [0.2, 0.25) is 0 Å². The van der Waals surface area contributed by atoms with Gasteiger partial charge in [-0.1, -0.05) is 58.4 Å². The highest BCUT2D eigenvalue weighted by Gasteiger charge is 2.41. The van der Waals surface area contributed by atoms with Gasteiger partial charge >= 0.3 is 5.97 Å². The zero-order chi connectivity index (χ0) is 17.8. The molecule has 2 aromatic rings. The van der Waals surface area contributed by atoms with E-state index in [4.69, 9.17) is 4.74 Å². The highest BCUT2D eigenvalue weighted by molar-refractivity contribution is 9.10. The molecule has 0 radical (unpaired) electrons. The van der Waals surface area contributed by atoms with Crippen LogP contribution in [0.5, 0.6) is 0 Å². The first kappa shape index (κ1) is 17.4. The lowest BCUT2D eigenvalue weighted by Gasteiger charge is -2.20. The fourth-order valence-corrected chi connectivity index (χ4v) is 3.28. The largest absolute Gasteiger partial charge is 0.461 e. The quantitative estimate of drug-likeness (QED) is 0.617. The molecule has 0 spiro atoms. The number of rotatable bonds is 5. The molecule has 0 saturated heterocycles. The second-order valence-corrected chi connectivity index (χ2v) is 6.50. The van der Waals surface area contributed by atoms with Crippen molar-refractivity contribution >= 4 is 33.4 Å². The van der Waals surface area contributed by atoms with Crippen molar-refractivity contribution in [3.05, 3.63) is 70.2 Å². The molecule has 0 fully saturated rings. The lowest BCUT2D eigenvalue weighted by molar-refractivity contribution is -0.135. The summed E-state index contributed by atoms with van der Waals surface area (Å²) in [5, 5.41) is 4.13. The summed E-state index contributed by atoms with van der Waals surface area (Å²) in [5.41, 5.74) is 4.44. The van der Waals surface area contributed by atoms with E-state index in [0.29, 0.717) is 5.56 Å². The first-order valence-electron chi connectivity index (χ1n) is 7.96. The molecular formula is C19H17BrN2O3. The summed E-state index contributed by atoms with van der Waals surface area (Å²) in [7, 11) is 0. The number of halogens is 1. The van der Waals surface area contributed by atoms with Crippen LogP contribution in [0, 0.1) is 0 Å². The van der Waals surface area contributed by atoms with E-state index in [2.05, 4.69) is 26.5 Å². The van der Waals surface area contributed by atoms with Crippen LogP contribution in [0.1, 0.15) is 28.8 Å². The van der Waals surface area contributed by atoms with Crippen molar-refractivity contribution in [1.29, 1.82) is 0 Å². The molecule has 2 unspecified atom stereocenters. The maximum atomic E-state index is 12.9. The van der Waals surface area contributed by atoms with Crippen LogP contribution in [0.3, 0.4) is 0 Å². The Morgan fingerprint density at radius 1 is 1.16 bits per heavy atom. The Bertz CT molecular complexity index is 820. The van der Waals surface area contributed by atoms with Gasteiger partial charge in [0.1, 0.15) is 6.04 Å². The molecule has 2 atom stereocenters. The summed E-state index contributed by atoms with van der Waals surface area (Å²) in [5.74, 6) is -1.14. The lowest BCUT2D eigenvalue weighted by atomic mass is 9.84. The van der Waals surface area contributed by atoms with E-state index >= 15 is 0 Å². The number of benzene rings is 2. The van der Waals surface area contributed by atoms with Gasteiger partial charge in [-0.05, 0) is 24.6 Å². The molecule has 25 heavy (non-hydrogen) atoms. The van der Waals surface area contributed by atoms with Crippen molar-refractivity contribution in [1.82, 2.24) is 5.43 Å². The summed E-state index contributed by atoms with van der Waals surface area (Å²) in [6.45, 7) is 1.99. The third-order valence-electron chi connectivity index (χ3n) is 3.99. The SMILES string of the molecule is CCOC(=O)C1=NNC(C(=O)c2ccccc2)C1c1cccc(Br)c1. The van der Waals surface area contributed by atoms with E-state index in [9.17, 15) is 9.59 Å². The average Bonchev–Trinajstić information content (AvgIpc) is 3.07. The van der Waals surface area contributed by atoms with Gasteiger partial charge < -0.3 is 4.74 Å². The second kappa shape index (κ2) is 7.61. The van der Waals surface area contributed by atoms with Gasteiger partial charge in [0.15, 0.2) is 11.5 Å². The minimum absolute atomic E-state index is 0.117. The molecule has 1 aliphatic rings. The Kier molecular flexibility index (Phi) is 5.28. The van der Waals surface area contributed by atoms with Gasteiger partial charge in [-0.15, -0.1) is 0 Å². The number of nitrogens with one attached hydrogen (secondary N) is 1. The number of Topliss-reactive ketones (excluding diaryl/α,β-unsaturated/α-hetero) is 1. The zero-order valence-electron chi connectivity index (χ0n) is 13.6. The summed E-state index contributed by atoms with van der Waals surface area (Å²) >= 11 is 3.44. The molecule has 0 saturated carbocycles. The predicted molar refractivity (Wildman–Crippen MR) is 98.6 cm³/mol. The fraction of sp³-hybridized carbons (Fsp3) is 0.211. The predicted octanol–water partition coefficient (Wildman–Crippen LogP) is 3.31. The van der Waals surface area contributed by atoms with Crippen molar-refractivity contribution in [3.8, 4) is 0 Å². The van der Waals surface area contributed by atoms with Gasteiger partial charge in [0.05, 0.1) is 12.5 Å². The van der Waals surface area contributed by atoms with E-state index in [-0.39, 0.29) is 18.1 Å². The van der Waals surface area contributed by atoms with Gasteiger partial charge in [0.2, 0.25) is 0 Å². The summed E-state index contributed by atoms with van der Waals surface area (Å²) in [6, 6.07) is 15.8. The summed E-state index contributed by atoms with van der Waals surface area (Å²) < 4.78 is 5.98. The Labute approximate surface area is 154 Å². The molecule has 0 aliphatic carbocycles. The number of ketones is 1. The molecule has 5 nitrogen and oxygen atoms in total. The third kappa shape index (κ3) is 3.64. The molecular weight excluding hydrogens is 384 g/mol. The molecule has 1 aliphatic heterocycles. The van der Waals surface area contributed by atoms with Crippen molar-refractivity contribution in [3.63, 3.8) is 0 Å². The van der Waals surface area contributed by atoms with Crippen molar-refractivity contribution in [2.45, 2.75) is 18.9 Å². The maximum Gasteiger partial charge on any atom is 0.355 e. The first-order chi connectivity index (χ1) is 12.1. The third-order valence-corrected chi connectivity index (χ3v) is 4.48. The number of hydrogen-bond acceptors (Lipinski definition) is 5. The molecule has 1 heterocycles. The minimum atomic E-state index is -0.656. The Hall–Kier alpha value is -2.47. The molecule has 128 valence electrons. The van der Waals surface area contributed by atoms with Crippen LogP contribution in [-0.2, 0) is 9.53 Å². The van der Waals surface area contributed by atoms with Gasteiger partial charge in [-0.3, -0.25) is 10.2 Å². The van der Waals surface area contributed by atoms with E-state index < -0.39 is 17.9 Å². The average molecular weight is 401 g/mol. The smallest absolute Gasteiger partial charge is 0.355 e. The van der Waals surface area contributed by atoms with E-state index in [1.807, 2.05) is 42.5 Å². The standard InChI is InChI=1S/C19H17BrN2O3/c1-2-25-19(24)17-15(13-9-6-10-14(20)11-13)16(21-22-17)18(23)12-7-4-3-5-8-12/h3-11,15-16,21H,2H2,1H3. The zero-order valence-corrected chi connectivity index (χ0v) is 15.2. The monoisotopic (exact) mass is 400 g/mol. The Balaban J connectivity index is 1.98. The number of esters is 1. The molecule has 3 rings (SSSR count). The highest BCUT2D eigenvalue weighted by atomic mass is 79.9. The highest BCUT2D eigenvalue weighted by Crippen LogP contribution is 2.30. The van der Waals surface area contributed by atoms with Crippen molar-refractivity contribution in [2.75, 3.05) is 6.61 Å². The Morgan fingerprint density at radius 3 is 2.60 bits per heavy atom. The number of nitrogens with zero attached hydrogens (tertiary/aromatic N) is 1. The maximum absolute atomic E-state index is 12.9. The van der Waals surface area contributed by atoms with Gasteiger partial charge in [-0.2, -0.15) is 5.10 Å². The lowest BCUT2D eigenvalue weighted by Crippen LogP contribution is -2.37. The molecule has 0 amide bonds. The van der Waals surface area contributed by atoms with Crippen molar-refractivity contribution in [2.24, 2.45) is 5.10 Å². The van der Waals surface area contributed by atoms with Crippen LogP contribution in [-0.4, -0.2) is 30.1 Å². The van der Waals surface area contributed by atoms with Crippen molar-refractivity contribution < 1.29 is 14.3 Å². The molecule has 2 aromatic carbocycles. The summed E-state index contributed by atoms with van der Waals surface area (Å²) in [4.78, 5) is 25.2. The van der Waals surface area contributed by atoms with E-state index in [1.54, 1.807) is 19.1 Å².